The minimum atomic E-state index is 0.365. The van der Waals surface area contributed by atoms with Gasteiger partial charge in [-0.2, -0.15) is 5.10 Å². The predicted molar refractivity (Wildman–Crippen MR) is 81.3 cm³/mol. The lowest BCUT2D eigenvalue weighted by molar-refractivity contribution is 0.765. The van der Waals surface area contributed by atoms with Gasteiger partial charge >= 0.3 is 0 Å². The fraction of sp³-hybridized carbons (Fsp3) is 0.167. The van der Waals surface area contributed by atoms with Crippen LogP contribution >= 0.6 is 28.1 Å². The van der Waals surface area contributed by atoms with E-state index < -0.39 is 0 Å². The molecule has 1 heterocycles. The van der Waals surface area contributed by atoms with E-state index in [2.05, 4.69) is 26.3 Å². The van der Waals surface area contributed by atoms with Gasteiger partial charge < -0.3 is 11.1 Å². The number of aryl methyl sites for hydroxylation is 2. The third-order valence-corrected chi connectivity index (χ3v) is 3.22. The number of benzene rings is 1. The van der Waals surface area contributed by atoms with Crippen molar-refractivity contribution in [2.45, 2.75) is 6.92 Å². The van der Waals surface area contributed by atoms with E-state index in [0.29, 0.717) is 4.99 Å². The van der Waals surface area contributed by atoms with E-state index in [0.717, 1.165) is 27.2 Å². The summed E-state index contributed by atoms with van der Waals surface area (Å²) in [5.74, 6) is 0.892. The molecule has 3 N–H and O–H groups in total. The maximum Gasteiger partial charge on any atom is 0.128 e. The van der Waals surface area contributed by atoms with Gasteiger partial charge in [-0.05, 0) is 25.1 Å². The summed E-state index contributed by atoms with van der Waals surface area (Å²) < 4.78 is 2.74. The molecule has 18 heavy (non-hydrogen) atoms. The topological polar surface area (TPSA) is 55.9 Å². The van der Waals surface area contributed by atoms with E-state index in [1.807, 2.05) is 38.2 Å². The Balaban J connectivity index is 2.42. The Morgan fingerprint density at radius 3 is 2.72 bits per heavy atom. The van der Waals surface area contributed by atoms with E-state index in [-0.39, 0.29) is 0 Å². The highest BCUT2D eigenvalue weighted by Crippen LogP contribution is 2.25. The number of anilines is 2. The number of aromatic nitrogens is 2. The smallest absolute Gasteiger partial charge is 0.128 e. The molecule has 0 aliphatic heterocycles. The Hall–Kier alpha value is -1.40. The van der Waals surface area contributed by atoms with E-state index >= 15 is 0 Å². The van der Waals surface area contributed by atoms with Crippen molar-refractivity contribution in [1.82, 2.24) is 9.78 Å². The zero-order valence-corrected chi connectivity index (χ0v) is 12.5. The monoisotopic (exact) mass is 324 g/mol. The molecule has 0 radical (unpaired) electrons. The molecule has 0 aliphatic carbocycles. The van der Waals surface area contributed by atoms with Gasteiger partial charge in [0.25, 0.3) is 0 Å². The minimum Gasteiger partial charge on any atom is -0.389 e. The van der Waals surface area contributed by atoms with Crippen molar-refractivity contribution < 1.29 is 0 Å². The number of hydrogen-bond acceptors (Lipinski definition) is 3. The zero-order chi connectivity index (χ0) is 13.3. The third kappa shape index (κ3) is 2.70. The normalized spacial score (nSPS) is 10.4. The SMILES string of the molecule is Cc1cc(Nc2cc(Br)ccc2C(N)=S)n(C)n1. The summed E-state index contributed by atoms with van der Waals surface area (Å²) in [6.45, 7) is 1.95. The number of hydrogen-bond donors (Lipinski definition) is 2. The fourth-order valence-corrected chi connectivity index (χ4v) is 2.24. The first-order valence-electron chi connectivity index (χ1n) is 5.34. The van der Waals surface area contributed by atoms with Gasteiger partial charge in [0.15, 0.2) is 0 Å². The lowest BCUT2D eigenvalue weighted by Crippen LogP contribution is -2.12. The molecule has 0 unspecified atom stereocenters. The highest BCUT2D eigenvalue weighted by atomic mass is 79.9. The van der Waals surface area contributed by atoms with Crippen LogP contribution in [0.1, 0.15) is 11.3 Å². The van der Waals surface area contributed by atoms with E-state index in [4.69, 9.17) is 18.0 Å². The first-order chi connectivity index (χ1) is 8.47. The second-order valence-electron chi connectivity index (χ2n) is 3.97. The molecule has 94 valence electrons. The van der Waals surface area contributed by atoms with Crippen LogP contribution in [0.25, 0.3) is 0 Å². The average molecular weight is 325 g/mol. The molecule has 1 aromatic heterocycles. The second kappa shape index (κ2) is 5.07. The van der Waals surface area contributed by atoms with Crippen LogP contribution in [0.2, 0.25) is 0 Å². The summed E-state index contributed by atoms with van der Waals surface area (Å²) in [5, 5.41) is 7.57. The molecule has 0 saturated heterocycles. The molecule has 6 heteroatoms. The van der Waals surface area contributed by atoms with Crippen molar-refractivity contribution in [3.8, 4) is 0 Å². The van der Waals surface area contributed by atoms with Crippen LogP contribution in [0.4, 0.5) is 11.5 Å². The third-order valence-electron chi connectivity index (χ3n) is 2.51. The van der Waals surface area contributed by atoms with Crippen molar-refractivity contribution in [1.29, 1.82) is 0 Å². The molecule has 2 aromatic rings. The first-order valence-corrected chi connectivity index (χ1v) is 6.54. The Bertz CT molecular complexity index is 606. The van der Waals surface area contributed by atoms with Crippen LogP contribution in [-0.2, 0) is 7.05 Å². The van der Waals surface area contributed by atoms with Crippen LogP contribution in [0, 0.1) is 6.92 Å². The molecule has 0 atom stereocenters. The largest absolute Gasteiger partial charge is 0.389 e. The zero-order valence-electron chi connectivity index (χ0n) is 10.1. The Labute approximate surface area is 119 Å². The minimum absolute atomic E-state index is 0.365. The van der Waals surface area contributed by atoms with Crippen LogP contribution in [0.5, 0.6) is 0 Å². The Morgan fingerprint density at radius 1 is 1.44 bits per heavy atom. The van der Waals surface area contributed by atoms with Crippen molar-refractivity contribution in [2.75, 3.05) is 5.32 Å². The quantitative estimate of drug-likeness (QED) is 0.852. The van der Waals surface area contributed by atoms with Gasteiger partial charge in [-0.1, -0.05) is 28.1 Å². The average Bonchev–Trinajstić information content (AvgIpc) is 2.57. The molecule has 0 bridgehead atoms. The van der Waals surface area contributed by atoms with Gasteiger partial charge in [0, 0.05) is 23.2 Å². The van der Waals surface area contributed by atoms with Crippen LogP contribution in [0.3, 0.4) is 0 Å². The van der Waals surface area contributed by atoms with Gasteiger partial charge in [-0.15, -0.1) is 0 Å². The number of nitrogens with two attached hydrogens (primary N) is 1. The maximum atomic E-state index is 5.72. The molecular formula is C12H13BrN4S. The number of halogens is 1. The molecule has 4 nitrogen and oxygen atoms in total. The molecule has 2 rings (SSSR count). The summed E-state index contributed by atoms with van der Waals surface area (Å²) >= 11 is 8.48. The predicted octanol–water partition coefficient (Wildman–Crippen LogP) is 2.87. The molecule has 0 saturated carbocycles. The van der Waals surface area contributed by atoms with Crippen LogP contribution in [-0.4, -0.2) is 14.8 Å². The number of nitrogens with zero attached hydrogens (tertiary/aromatic N) is 2. The summed E-state index contributed by atoms with van der Waals surface area (Å²) in [6, 6.07) is 7.70. The highest BCUT2D eigenvalue weighted by molar-refractivity contribution is 9.10. The molecular weight excluding hydrogens is 312 g/mol. The molecule has 1 aromatic carbocycles. The standard InChI is InChI=1S/C12H13BrN4S/c1-7-5-11(17(2)16-7)15-10-6-8(13)3-4-9(10)12(14)18/h3-6,15H,1-2H3,(H2,14,18). The summed E-state index contributed by atoms with van der Waals surface area (Å²) in [5.41, 5.74) is 8.34. The summed E-state index contributed by atoms with van der Waals surface area (Å²) in [4.78, 5) is 0.365. The number of rotatable bonds is 3. The van der Waals surface area contributed by atoms with E-state index in [1.54, 1.807) is 4.68 Å². The van der Waals surface area contributed by atoms with Gasteiger partial charge in [0.05, 0.1) is 11.4 Å². The van der Waals surface area contributed by atoms with Crippen LogP contribution < -0.4 is 11.1 Å². The molecule has 0 amide bonds. The lowest BCUT2D eigenvalue weighted by Gasteiger charge is -2.11. The molecule has 0 aliphatic rings. The van der Waals surface area contributed by atoms with E-state index in [1.165, 1.54) is 0 Å². The highest BCUT2D eigenvalue weighted by Gasteiger charge is 2.08. The first kappa shape index (κ1) is 13.0. The van der Waals surface area contributed by atoms with Crippen molar-refractivity contribution in [2.24, 2.45) is 12.8 Å². The van der Waals surface area contributed by atoms with Crippen LogP contribution in [0.15, 0.2) is 28.7 Å². The Kier molecular flexibility index (Phi) is 3.68. The Morgan fingerprint density at radius 2 is 2.17 bits per heavy atom. The van der Waals surface area contributed by atoms with Crippen molar-refractivity contribution in [3.63, 3.8) is 0 Å². The number of nitrogens with one attached hydrogen (secondary N) is 1. The molecule has 0 spiro atoms. The van der Waals surface area contributed by atoms with Crippen molar-refractivity contribution >= 4 is 44.6 Å². The van der Waals surface area contributed by atoms with Gasteiger partial charge in [0.2, 0.25) is 0 Å². The van der Waals surface area contributed by atoms with Gasteiger partial charge in [-0.25, -0.2) is 0 Å². The lowest BCUT2D eigenvalue weighted by atomic mass is 10.2. The van der Waals surface area contributed by atoms with Crippen molar-refractivity contribution in [3.05, 3.63) is 40.0 Å². The molecule has 0 fully saturated rings. The summed E-state index contributed by atoms with van der Waals surface area (Å²) in [7, 11) is 1.88. The number of thiocarbonyl (C=S) groups is 1. The second-order valence-corrected chi connectivity index (χ2v) is 5.33. The maximum absolute atomic E-state index is 5.72. The van der Waals surface area contributed by atoms with Gasteiger partial charge in [0.1, 0.15) is 10.8 Å². The fourth-order valence-electron chi connectivity index (χ4n) is 1.70. The van der Waals surface area contributed by atoms with Gasteiger partial charge in [-0.3, -0.25) is 4.68 Å². The summed E-state index contributed by atoms with van der Waals surface area (Å²) in [6.07, 6.45) is 0. The van der Waals surface area contributed by atoms with E-state index in [9.17, 15) is 0 Å².